The highest BCUT2D eigenvalue weighted by atomic mass is 17.0. The zero-order valence-electron chi connectivity index (χ0n) is 13.3. The molecule has 21 heavy (non-hydrogen) atoms. The standard InChI is InChI=1S/C17H26O4/c1-11-9-16-17(20-16,21-16)14(2,15(11,3)13(18)19)10-12-7-5-4-6-8-12/h11-12H,4-10H2,1-3H3,(H,18,19). The van der Waals surface area contributed by atoms with Gasteiger partial charge in [-0.3, -0.25) is 4.79 Å². The van der Waals surface area contributed by atoms with Crippen LogP contribution in [0.2, 0.25) is 0 Å². The Hall–Kier alpha value is -0.610. The number of aliphatic carboxylic acids is 1. The van der Waals surface area contributed by atoms with E-state index in [0.29, 0.717) is 5.92 Å². The van der Waals surface area contributed by atoms with Crippen molar-refractivity contribution in [3.63, 3.8) is 0 Å². The van der Waals surface area contributed by atoms with Crippen molar-refractivity contribution in [2.45, 2.75) is 77.3 Å². The van der Waals surface area contributed by atoms with E-state index in [1.54, 1.807) is 0 Å². The summed E-state index contributed by atoms with van der Waals surface area (Å²) in [7, 11) is 0. The minimum absolute atomic E-state index is 0.0710. The van der Waals surface area contributed by atoms with Gasteiger partial charge in [0, 0.05) is 11.8 Å². The van der Waals surface area contributed by atoms with Gasteiger partial charge in [0.15, 0.2) is 0 Å². The van der Waals surface area contributed by atoms with Crippen LogP contribution < -0.4 is 0 Å². The van der Waals surface area contributed by atoms with Gasteiger partial charge in [0.2, 0.25) is 11.6 Å². The van der Waals surface area contributed by atoms with E-state index in [1.165, 1.54) is 32.1 Å². The number of carboxylic acid groups (broad SMARTS) is 1. The van der Waals surface area contributed by atoms with Crippen LogP contribution in [-0.2, 0) is 14.3 Å². The summed E-state index contributed by atoms with van der Waals surface area (Å²) in [6.07, 6.45) is 7.96. The third-order valence-electron chi connectivity index (χ3n) is 7.33. The Balaban J connectivity index is 1.70. The molecule has 4 nitrogen and oxygen atoms in total. The van der Waals surface area contributed by atoms with Gasteiger partial charge in [-0.05, 0) is 25.2 Å². The molecule has 1 N–H and O–H groups in total. The number of carboxylic acids is 1. The Kier molecular flexibility index (Phi) is 2.55. The first-order chi connectivity index (χ1) is 9.81. The van der Waals surface area contributed by atoms with Crippen molar-refractivity contribution in [1.29, 1.82) is 0 Å². The van der Waals surface area contributed by atoms with Crippen molar-refractivity contribution < 1.29 is 19.4 Å². The van der Waals surface area contributed by atoms with Crippen LogP contribution in [0.1, 0.15) is 65.7 Å². The minimum Gasteiger partial charge on any atom is -0.481 e. The number of hydrogen-bond donors (Lipinski definition) is 1. The van der Waals surface area contributed by atoms with Crippen LogP contribution in [-0.4, -0.2) is 22.7 Å². The molecule has 2 aliphatic heterocycles. The van der Waals surface area contributed by atoms with Crippen LogP contribution in [0.25, 0.3) is 0 Å². The summed E-state index contributed by atoms with van der Waals surface area (Å²) in [5.74, 6) is -1.01. The van der Waals surface area contributed by atoms with Gasteiger partial charge in [0.25, 0.3) is 0 Å². The van der Waals surface area contributed by atoms with Crippen molar-refractivity contribution in [2.24, 2.45) is 22.7 Å². The van der Waals surface area contributed by atoms with Gasteiger partial charge in [-0.1, -0.05) is 46.0 Å². The van der Waals surface area contributed by atoms with Crippen LogP contribution in [0.3, 0.4) is 0 Å². The lowest BCUT2D eigenvalue weighted by Gasteiger charge is -2.49. The molecule has 0 bridgehead atoms. The van der Waals surface area contributed by atoms with Crippen LogP contribution in [0.15, 0.2) is 0 Å². The SMILES string of the molecule is CC1CC23OC2(O3)C(C)(CC2CCCCC2)C1(C)C(=O)O. The number of rotatable bonds is 3. The summed E-state index contributed by atoms with van der Waals surface area (Å²) in [5, 5.41) is 9.99. The van der Waals surface area contributed by atoms with E-state index >= 15 is 0 Å². The molecule has 3 unspecified atom stereocenters. The second-order valence-corrected chi connectivity index (χ2v) is 8.23. The summed E-state index contributed by atoms with van der Waals surface area (Å²) >= 11 is 0. The van der Waals surface area contributed by atoms with Crippen molar-refractivity contribution in [3.05, 3.63) is 0 Å². The van der Waals surface area contributed by atoms with Crippen molar-refractivity contribution in [2.75, 3.05) is 0 Å². The van der Waals surface area contributed by atoms with Gasteiger partial charge >= 0.3 is 5.97 Å². The van der Waals surface area contributed by atoms with E-state index in [1.807, 2.05) is 6.92 Å². The fourth-order valence-electron chi connectivity index (χ4n) is 5.54. The maximum Gasteiger partial charge on any atom is 0.310 e. The van der Waals surface area contributed by atoms with Gasteiger partial charge in [0.05, 0.1) is 5.41 Å². The Bertz CT molecular complexity index is 489. The third kappa shape index (κ3) is 1.41. The normalized spacial score (nSPS) is 55.5. The summed E-state index contributed by atoms with van der Waals surface area (Å²) in [5.41, 5.74) is -1.20. The maximum absolute atomic E-state index is 12.2. The van der Waals surface area contributed by atoms with E-state index < -0.39 is 28.4 Å². The maximum atomic E-state index is 12.2. The topological polar surface area (TPSA) is 62.4 Å². The first-order valence-corrected chi connectivity index (χ1v) is 8.45. The average Bonchev–Trinajstić information content (AvgIpc) is 3.24. The lowest BCUT2D eigenvalue weighted by molar-refractivity contribution is -0.187. The van der Waals surface area contributed by atoms with Crippen LogP contribution >= 0.6 is 0 Å². The predicted octanol–water partition coefficient (Wildman–Crippen LogP) is 3.55. The van der Waals surface area contributed by atoms with Crippen molar-refractivity contribution >= 4 is 5.97 Å². The lowest BCUT2D eigenvalue weighted by atomic mass is 9.50. The summed E-state index contributed by atoms with van der Waals surface area (Å²) < 4.78 is 11.9. The fourth-order valence-corrected chi connectivity index (χ4v) is 5.54. The predicted molar refractivity (Wildman–Crippen MR) is 76.5 cm³/mol. The second-order valence-electron chi connectivity index (χ2n) is 8.23. The fraction of sp³-hybridized carbons (Fsp3) is 0.941. The smallest absolute Gasteiger partial charge is 0.310 e. The molecular weight excluding hydrogens is 268 g/mol. The molecule has 2 aliphatic carbocycles. The summed E-state index contributed by atoms with van der Waals surface area (Å²) in [6.45, 7) is 6.08. The number of ether oxygens (including phenoxy) is 2. The van der Waals surface area contributed by atoms with Crippen LogP contribution in [0.4, 0.5) is 0 Å². The molecule has 2 heterocycles. The first kappa shape index (κ1) is 14.0. The molecule has 2 saturated heterocycles. The zero-order chi connectivity index (χ0) is 15.1. The van der Waals surface area contributed by atoms with E-state index in [2.05, 4.69) is 13.8 Å². The molecule has 4 aliphatic rings. The van der Waals surface area contributed by atoms with Gasteiger partial charge in [0.1, 0.15) is 0 Å². The molecule has 0 aromatic rings. The molecule has 0 aromatic heterocycles. The van der Waals surface area contributed by atoms with Gasteiger partial charge < -0.3 is 14.6 Å². The van der Waals surface area contributed by atoms with Crippen molar-refractivity contribution in [3.8, 4) is 0 Å². The monoisotopic (exact) mass is 294 g/mol. The minimum atomic E-state index is -0.777. The Morgan fingerprint density at radius 1 is 1.19 bits per heavy atom. The van der Waals surface area contributed by atoms with Crippen molar-refractivity contribution in [1.82, 2.24) is 0 Å². The molecule has 4 fully saturated rings. The van der Waals surface area contributed by atoms with E-state index in [4.69, 9.17) is 9.47 Å². The highest BCUT2D eigenvalue weighted by Gasteiger charge is 3.00. The Morgan fingerprint density at radius 2 is 1.81 bits per heavy atom. The molecule has 4 rings (SSSR count). The second kappa shape index (κ2) is 3.83. The number of hydrogen-bond acceptors (Lipinski definition) is 3. The molecule has 4 heteroatoms. The summed E-state index contributed by atoms with van der Waals surface area (Å²) in [6, 6.07) is 0. The molecular formula is C17H26O4. The molecule has 3 atom stereocenters. The Labute approximate surface area is 126 Å². The molecule has 0 radical (unpaired) electrons. The highest BCUT2D eigenvalue weighted by Crippen LogP contribution is 2.85. The van der Waals surface area contributed by atoms with Gasteiger partial charge in [-0.25, -0.2) is 0 Å². The lowest BCUT2D eigenvalue weighted by Crippen LogP contribution is -2.56. The zero-order valence-corrected chi connectivity index (χ0v) is 13.3. The van der Waals surface area contributed by atoms with Crippen LogP contribution in [0.5, 0.6) is 0 Å². The van der Waals surface area contributed by atoms with Crippen LogP contribution in [0, 0.1) is 22.7 Å². The quantitative estimate of drug-likeness (QED) is 0.809. The van der Waals surface area contributed by atoms with E-state index in [9.17, 15) is 9.90 Å². The largest absolute Gasteiger partial charge is 0.481 e. The highest BCUT2D eigenvalue weighted by molar-refractivity contribution is 5.77. The molecule has 0 amide bonds. The number of epoxide rings is 2. The van der Waals surface area contributed by atoms with Gasteiger partial charge in [-0.2, -0.15) is 0 Å². The summed E-state index contributed by atoms with van der Waals surface area (Å²) in [4.78, 5) is 12.2. The molecule has 2 saturated carbocycles. The van der Waals surface area contributed by atoms with E-state index in [0.717, 1.165) is 12.8 Å². The molecule has 0 aromatic carbocycles. The van der Waals surface area contributed by atoms with E-state index in [-0.39, 0.29) is 5.92 Å². The molecule has 118 valence electrons. The average molecular weight is 294 g/mol. The molecule has 0 spiro atoms. The third-order valence-corrected chi connectivity index (χ3v) is 7.33. The number of carbonyl (C=O) groups is 1. The first-order valence-electron chi connectivity index (χ1n) is 8.45. The van der Waals surface area contributed by atoms with Gasteiger partial charge in [-0.15, -0.1) is 0 Å². The Morgan fingerprint density at radius 3 is 2.38 bits per heavy atom.